The predicted molar refractivity (Wildman–Crippen MR) is 201 cm³/mol. The number of hydrogen-bond acceptors (Lipinski definition) is 5. The van der Waals surface area contributed by atoms with Crippen molar-refractivity contribution >= 4 is 40.2 Å². The van der Waals surface area contributed by atoms with Crippen molar-refractivity contribution in [2.24, 2.45) is 27.5 Å². The number of terminal acetylenes is 1. The highest BCUT2D eigenvalue weighted by molar-refractivity contribution is 7.82. The van der Waals surface area contributed by atoms with Gasteiger partial charge < -0.3 is 29.1 Å². The maximum Gasteiger partial charge on any atom is 0.318 e. The van der Waals surface area contributed by atoms with Crippen molar-refractivity contribution in [2.75, 3.05) is 38.3 Å². The summed E-state index contributed by atoms with van der Waals surface area (Å²) in [7, 11) is 0.119. The van der Waals surface area contributed by atoms with Crippen molar-refractivity contribution < 1.29 is 23.6 Å². The molecule has 3 N–H and O–H groups in total. The lowest BCUT2D eigenvalue weighted by atomic mass is 9.71. The van der Waals surface area contributed by atoms with Gasteiger partial charge in [-0.05, 0) is 106 Å². The molecule has 0 spiro atoms. The van der Waals surface area contributed by atoms with Crippen molar-refractivity contribution in [3.05, 3.63) is 70.8 Å². The number of rotatable bonds is 6. The van der Waals surface area contributed by atoms with Crippen LogP contribution in [0.5, 0.6) is 5.75 Å². The molecule has 1 saturated carbocycles. The maximum atomic E-state index is 13.7. The summed E-state index contributed by atoms with van der Waals surface area (Å²) in [5.41, 5.74) is 1.90. The summed E-state index contributed by atoms with van der Waals surface area (Å²) < 4.78 is 25.3. The molecular weight excluding hydrogens is 672 g/mol. The number of hydrogen-bond donors (Lipinski definition) is 1. The van der Waals surface area contributed by atoms with Crippen LogP contribution in [0.3, 0.4) is 0 Å². The van der Waals surface area contributed by atoms with Crippen LogP contribution >= 0.6 is 11.6 Å². The van der Waals surface area contributed by atoms with Crippen LogP contribution in [0, 0.1) is 35.5 Å². The summed E-state index contributed by atoms with van der Waals surface area (Å²) in [6.07, 6.45) is 17.2. The highest BCUT2D eigenvalue weighted by Gasteiger charge is 2.42. The van der Waals surface area contributed by atoms with Crippen LogP contribution in [0.4, 0.5) is 10.5 Å². The first-order chi connectivity index (χ1) is 24.1. The van der Waals surface area contributed by atoms with Gasteiger partial charge in [0.05, 0.1) is 29.8 Å². The van der Waals surface area contributed by atoms with Gasteiger partial charge in [0.2, 0.25) is 11.0 Å². The molecule has 3 amide bonds. The Bertz CT molecular complexity index is 1680. The monoisotopic (exact) mass is 721 g/mol. The van der Waals surface area contributed by atoms with Gasteiger partial charge in [-0.25, -0.2) is 4.79 Å². The van der Waals surface area contributed by atoms with Crippen LogP contribution in [-0.4, -0.2) is 72.3 Å². The normalized spacial score (nSPS) is 31.8. The van der Waals surface area contributed by atoms with Gasteiger partial charge in [-0.2, -0.15) is 0 Å². The molecule has 50 heavy (non-hydrogen) atoms. The number of methoxy groups -OCH3 is 1. The molecule has 2 fully saturated rings. The number of anilines is 1. The van der Waals surface area contributed by atoms with E-state index >= 15 is 0 Å². The van der Waals surface area contributed by atoms with Gasteiger partial charge in [0.25, 0.3) is 5.91 Å². The van der Waals surface area contributed by atoms with Crippen molar-refractivity contribution in [3.63, 3.8) is 0 Å². The number of likely N-dealkylation sites (tertiary alicyclic amines) is 1. The standard InChI is InChI=1S/C39H49ClN4O5S/c1-5-39(19-9-12-28-11-8-14-32(40)20-28)24-43-22-31-16-15-29(31)13-7-6-10-26(2)37(41-38(46)44-23-35(48-4)27(44)3)50(47)42-36(45)30-17-18-34(49-25-39)33(43)21-30/h1,6-8,11,14,17-18,20-21,26-27,29,31,35,37H,9-10,12-13,15-16,19,22-25H2,2-4H3,(H,41,46)(H,42,45,47)/p+1/b7-6+/t26-,27-,29+,31-,35+,37?,39+,50?/m0/s1. The fraction of sp³-hybridized carbons (Fsp3) is 0.538. The number of carbonyl (C=O) groups excluding carboxylic acids is 2. The summed E-state index contributed by atoms with van der Waals surface area (Å²) in [5.74, 6) is 4.31. The molecule has 0 aromatic heterocycles. The Kier molecular flexibility index (Phi) is 11.6. The lowest BCUT2D eigenvalue weighted by molar-refractivity contribution is -0.0522. The van der Waals surface area contributed by atoms with E-state index in [1.165, 1.54) is 12.0 Å². The molecule has 11 heteroatoms. The molecule has 2 aromatic carbocycles. The second kappa shape index (κ2) is 15.9. The van der Waals surface area contributed by atoms with Gasteiger partial charge in [0.15, 0.2) is 5.37 Å². The van der Waals surface area contributed by atoms with Crippen LogP contribution < -0.4 is 15.0 Å². The summed E-state index contributed by atoms with van der Waals surface area (Å²) in [5, 5.41) is 3.17. The van der Waals surface area contributed by atoms with Crippen LogP contribution in [0.1, 0.15) is 68.3 Å². The number of allylic oxidation sites excluding steroid dienone is 2. The number of aryl methyl sites for hydroxylation is 1. The summed E-state index contributed by atoms with van der Waals surface area (Å²) in [6.45, 7) is 6.28. The molecule has 2 bridgehead atoms. The lowest BCUT2D eigenvalue weighted by Crippen LogP contribution is -2.65. The Morgan fingerprint density at radius 1 is 1.18 bits per heavy atom. The van der Waals surface area contributed by atoms with Gasteiger partial charge in [-0.1, -0.05) is 48.7 Å². The Morgan fingerprint density at radius 2 is 1.98 bits per heavy atom. The van der Waals surface area contributed by atoms with Gasteiger partial charge in [0.1, 0.15) is 12.4 Å². The van der Waals surface area contributed by atoms with Crippen molar-refractivity contribution in [2.45, 2.75) is 76.3 Å². The fourth-order valence-corrected chi connectivity index (χ4v) is 9.02. The van der Waals surface area contributed by atoms with Crippen LogP contribution in [-0.2, 0) is 22.1 Å². The third-order valence-corrected chi connectivity index (χ3v) is 12.8. The van der Waals surface area contributed by atoms with E-state index in [0.29, 0.717) is 49.3 Å². The zero-order chi connectivity index (χ0) is 35.4. The molecule has 3 aliphatic heterocycles. The van der Waals surface area contributed by atoms with Gasteiger partial charge in [-0.15, -0.1) is 10.8 Å². The van der Waals surface area contributed by atoms with E-state index in [0.717, 1.165) is 49.4 Å². The first kappa shape index (κ1) is 36.4. The molecule has 2 unspecified atom stereocenters. The van der Waals surface area contributed by atoms with Crippen molar-refractivity contribution in [3.8, 4) is 18.1 Å². The largest absolute Gasteiger partial charge is 0.490 e. The van der Waals surface area contributed by atoms with E-state index in [-0.39, 0.29) is 24.1 Å². The van der Waals surface area contributed by atoms with Crippen LogP contribution in [0.2, 0.25) is 5.02 Å². The van der Waals surface area contributed by atoms with Crippen molar-refractivity contribution in [1.82, 2.24) is 10.2 Å². The molecule has 268 valence electrons. The Labute approximate surface area is 304 Å². The molecule has 8 atom stereocenters. The van der Waals surface area contributed by atoms with Gasteiger partial charge >= 0.3 is 6.03 Å². The zero-order valence-electron chi connectivity index (χ0n) is 29.3. The average molecular weight is 722 g/mol. The number of amides is 3. The number of nitrogens with zero attached hydrogens (tertiary/aromatic N) is 3. The number of urea groups is 1. The SMILES string of the molecule is C#C[C@]1(CCCc2cccc(Cl)c2)COc2ccc3cc2N(C[C@@H]2CC[C@H]2C/C=C/C[C@H](C)C(NC(=O)N2C[C@@H](OC)[C@@H]2C)S([OH2+])=NC3=O)C1. The highest BCUT2D eigenvalue weighted by Crippen LogP contribution is 2.43. The van der Waals surface area contributed by atoms with E-state index in [4.69, 9.17) is 32.1 Å². The summed E-state index contributed by atoms with van der Waals surface area (Å²) >= 11 is 6.24. The molecule has 4 aliphatic rings. The first-order valence-corrected chi connectivity index (χ1v) is 19.4. The zero-order valence-corrected chi connectivity index (χ0v) is 30.8. The minimum Gasteiger partial charge on any atom is -0.490 e. The molecule has 9 nitrogen and oxygen atoms in total. The number of fused-ring (bicyclic) bond motifs is 2. The average Bonchev–Trinajstić information content (AvgIpc) is 3.24. The molecular formula is C39H50ClN4O5S+. The number of nitrogens with one attached hydrogen (secondary N) is 1. The summed E-state index contributed by atoms with van der Waals surface area (Å²) in [6, 6.07) is 13.1. The molecule has 1 saturated heterocycles. The van der Waals surface area contributed by atoms with E-state index in [1.807, 2.05) is 44.2 Å². The molecule has 6 rings (SSSR count). The minimum atomic E-state index is -1.53. The number of halogens is 1. The Morgan fingerprint density at radius 3 is 2.70 bits per heavy atom. The fourth-order valence-electron chi connectivity index (χ4n) is 7.64. The van der Waals surface area contributed by atoms with Gasteiger partial charge in [0, 0.05) is 30.8 Å². The molecule has 1 aliphatic carbocycles. The smallest absolute Gasteiger partial charge is 0.318 e. The predicted octanol–water partition coefficient (Wildman–Crippen LogP) is 6.53. The summed E-state index contributed by atoms with van der Waals surface area (Å²) in [4.78, 5) is 31.1. The topological polar surface area (TPSA) is 106 Å². The van der Waals surface area contributed by atoms with E-state index in [9.17, 15) is 9.59 Å². The Hall–Kier alpha value is -3.36. The first-order valence-electron chi connectivity index (χ1n) is 17.8. The van der Waals surface area contributed by atoms with Crippen LogP contribution in [0.15, 0.2) is 59.0 Å². The molecule has 0 radical (unpaired) electrons. The number of carbonyl (C=O) groups is 2. The van der Waals surface area contributed by atoms with Crippen molar-refractivity contribution in [1.29, 1.82) is 0 Å². The second-order valence-corrected chi connectivity index (χ2v) is 16.3. The van der Waals surface area contributed by atoms with Gasteiger partial charge in [-0.3, -0.25) is 4.79 Å². The quantitative estimate of drug-likeness (QED) is 0.208. The minimum absolute atomic E-state index is 0.00888. The van der Waals surface area contributed by atoms with E-state index < -0.39 is 27.7 Å². The number of benzene rings is 2. The van der Waals surface area contributed by atoms with E-state index in [1.54, 1.807) is 18.1 Å². The highest BCUT2D eigenvalue weighted by atomic mass is 35.5. The molecule has 3 heterocycles. The number of ether oxygens (including phenoxy) is 2. The molecule has 2 aromatic rings. The Balaban J connectivity index is 1.27. The van der Waals surface area contributed by atoms with Crippen LogP contribution in [0.25, 0.3) is 0 Å². The third-order valence-electron chi connectivity index (χ3n) is 11.2. The maximum absolute atomic E-state index is 13.7. The second-order valence-electron chi connectivity index (χ2n) is 14.5. The van der Waals surface area contributed by atoms with E-state index in [2.05, 4.69) is 38.7 Å². The lowest BCUT2D eigenvalue weighted by Gasteiger charge is -2.45. The third kappa shape index (κ3) is 8.07.